The molecule has 1 fully saturated rings. The molecule has 0 N–H and O–H groups in total. The first-order valence-corrected chi connectivity index (χ1v) is 13.2. The molecule has 8 heteroatoms. The van der Waals surface area contributed by atoms with Crippen molar-refractivity contribution in [2.24, 2.45) is 5.92 Å². The number of amides is 1. The third kappa shape index (κ3) is 4.68. The molecular formula is C25H31N3O3S2. The summed E-state index contributed by atoms with van der Waals surface area (Å²) in [5, 5.41) is 0.857. The number of likely N-dealkylation sites (tertiary alicyclic amines) is 1. The van der Waals surface area contributed by atoms with E-state index in [0.29, 0.717) is 27.9 Å². The molecule has 1 saturated heterocycles. The molecule has 1 aromatic carbocycles. The zero-order chi connectivity index (χ0) is 23.7. The molecule has 1 atom stereocenters. The number of ether oxygens (including phenoxy) is 1. The van der Waals surface area contributed by atoms with E-state index in [1.807, 2.05) is 43.0 Å². The highest BCUT2D eigenvalue weighted by Crippen LogP contribution is 2.33. The Morgan fingerprint density at radius 3 is 2.73 bits per heavy atom. The van der Waals surface area contributed by atoms with Crippen molar-refractivity contribution in [1.29, 1.82) is 0 Å². The maximum absolute atomic E-state index is 13.8. The van der Waals surface area contributed by atoms with Gasteiger partial charge in [-0.05, 0) is 56.7 Å². The highest BCUT2D eigenvalue weighted by Gasteiger charge is 2.27. The van der Waals surface area contributed by atoms with Crippen molar-refractivity contribution in [1.82, 2.24) is 14.5 Å². The summed E-state index contributed by atoms with van der Waals surface area (Å²) >= 11 is 2.93. The Hall–Kier alpha value is -2.32. The third-order valence-corrected chi connectivity index (χ3v) is 8.76. The van der Waals surface area contributed by atoms with E-state index in [-0.39, 0.29) is 16.7 Å². The number of hydrogen-bond donors (Lipinski definition) is 0. The van der Waals surface area contributed by atoms with Crippen molar-refractivity contribution >= 4 is 39.2 Å². The van der Waals surface area contributed by atoms with Crippen molar-refractivity contribution in [2.45, 2.75) is 57.4 Å². The topological polar surface area (TPSA) is 64.4 Å². The molecule has 3 heterocycles. The molecule has 0 radical (unpaired) electrons. The van der Waals surface area contributed by atoms with E-state index >= 15 is 0 Å². The number of piperidine rings is 1. The van der Waals surface area contributed by atoms with Crippen molar-refractivity contribution < 1.29 is 9.53 Å². The van der Waals surface area contributed by atoms with Crippen LogP contribution in [0.5, 0.6) is 5.75 Å². The van der Waals surface area contributed by atoms with E-state index < -0.39 is 0 Å². The van der Waals surface area contributed by atoms with Crippen LogP contribution in [0.15, 0.2) is 34.2 Å². The molecule has 1 unspecified atom stereocenters. The minimum Gasteiger partial charge on any atom is -0.497 e. The van der Waals surface area contributed by atoms with Crippen LogP contribution in [0.1, 0.15) is 44.1 Å². The van der Waals surface area contributed by atoms with Gasteiger partial charge in [0.15, 0.2) is 5.16 Å². The van der Waals surface area contributed by atoms with E-state index in [4.69, 9.17) is 9.72 Å². The lowest BCUT2D eigenvalue weighted by atomic mass is 9.99. The molecule has 1 aliphatic rings. The van der Waals surface area contributed by atoms with Gasteiger partial charge in [0.25, 0.3) is 5.56 Å². The summed E-state index contributed by atoms with van der Waals surface area (Å²) in [6.45, 7) is 9.82. The van der Waals surface area contributed by atoms with Crippen LogP contribution < -0.4 is 10.3 Å². The maximum atomic E-state index is 13.8. The SMILES string of the molecule is CCc1sc2nc(SC(C)C(=O)N3CCC(C)CC3)n(-c3cccc(OC)c3)c(=O)c2c1C. The number of nitrogens with zero attached hydrogens (tertiary/aromatic N) is 3. The second-order valence-corrected chi connectivity index (χ2v) is 11.1. The second kappa shape index (κ2) is 9.89. The lowest BCUT2D eigenvalue weighted by Gasteiger charge is -2.32. The number of aryl methyl sites for hydroxylation is 2. The smallest absolute Gasteiger partial charge is 0.267 e. The van der Waals surface area contributed by atoms with Crippen molar-refractivity contribution in [3.63, 3.8) is 0 Å². The van der Waals surface area contributed by atoms with Crippen LogP contribution in [0.4, 0.5) is 0 Å². The van der Waals surface area contributed by atoms with E-state index in [0.717, 1.165) is 42.7 Å². The van der Waals surface area contributed by atoms with Crippen LogP contribution in [-0.2, 0) is 11.2 Å². The van der Waals surface area contributed by atoms with Gasteiger partial charge in [-0.1, -0.05) is 31.7 Å². The van der Waals surface area contributed by atoms with Gasteiger partial charge in [0.1, 0.15) is 10.6 Å². The molecule has 176 valence electrons. The molecule has 33 heavy (non-hydrogen) atoms. The van der Waals surface area contributed by atoms with E-state index in [9.17, 15) is 9.59 Å². The monoisotopic (exact) mass is 485 g/mol. The first-order valence-electron chi connectivity index (χ1n) is 11.5. The molecule has 4 rings (SSSR count). The summed E-state index contributed by atoms with van der Waals surface area (Å²) < 4.78 is 7.03. The first kappa shape index (κ1) is 23.8. The maximum Gasteiger partial charge on any atom is 0.267 e. The number of thiophene rings is 1. The van der Waals surface area contributed by atoms with Gasteiger partial charge in [-0.2, -0.15) is 0 Å². The Bertz CT molecular complexity index is 1230. The van der Waals surface area contributed by atoms with Crippen LogP contribution in [0, 0.1) is 12.8 Å². The summed E-state index contributed by atoms with van der Waals surface area (Å²) in [7, 11) is 1.61. The zero-order valence-corrected chi connectivity index (χ0v) is 21.5. The minimum atomic E-state index is -0.341. The summed E-state index contributed by atoms with van der Waals surface area (Å²) in [6.07, 6.45) is 2.93. The number of aromatic nitrogens is 2. The second-order valence-electron chi connectivity index (χ2n) is 8.69. The highest BCUT2D eigenvalue weighted by molar-refractivity contribution is 8.00. The van der Waals surface area contributed by atoms with Gasteiger partial charge in [-0.25, -0.2) is 4.98 Å². The van der Waals surface area contributed by atoms with Crippen molar-refractivity contribution in [2.75, 3.05) is 20.2 Å². The molecule has 0 saturated carbocycles. The third-order valence-electron chi connectivity index (χ3n) is 6.39. The molecule has 1 aliphatic heterocycles. The summed E-state index contributed by atoms with van der Waals surface area (Å²) in [4.78, 5) is 35.7. The fraction of sp³-hybridized carbons (Fsp3) is 0.480. The number of hydrogen-bond acceptors (Lipinski definition) is 6. The predicted molar refractivity (Wildman–Crippen MR) is 136 cm³/mol. The highest BCUT2D eigenvalue weighted by atomic mass is 32.2. The lowest BCUT2D eigenvalue weighted by Crippen LogP contribution is -2.42. The van der Waals surface area contributed by atoms with Crippen LogP contribution in [0.25, 0.3) is 15.9 Å². The number of thioether (sulfide) groups is 1. The average molecular weight is 486 g/mol. The number of carbonyl (C=O) groups excluding carboxylic acids is 1. The Labute approximate surface area is 203 Å². The van der Waals surface area contributed by atoms with Crippen LogP contribution >= 0.6 is 23.1 Å². The number of methoxy groups -OCH3 is 1. The summed E-state index contributed by atoms with van der Waals surface area (Å²) in [5.41, 5.74) is 1.58. The molecule has 0 aliphatic carbocycles. The van der Waals surface area contributed by atoms with Crippen LogP contribution in [0.3, 0.4) is 0 Å². The molecule has 1 amide bonds. The quantitative estimate of drug-likeness (QED) is 0.360. The first-order chi connectivity index (χ1) is 15.8. The fourth-order valence-electron chi connectivity index (χ4n) is 4.30. The number of rotatable bonds is 6. The van der Waals surface area contributed by atoms with Crippen molar-refractivity contribution in [3.8, 4) is 11.4 Å². The van der Waals surface area contributed by atoms with Crippen LogP contribution in [0.2, 0.25) is 0 Å². The van der Waals surface area contributed by atoms with Gasteiger partial charge in [-0.15, -0.1) is 11.3 Å². The van der Waals surface area contributed by atoms with Gasteiger partial charge in [0.2, 0.25) is 5.91 Å². The normalized spacial score (nSPS) is 15.7. The molecule has 0 bridgehead atoms. The predicted octanol–water partition coefficient (Wildman–Crippen LogP) is 5.07. The van der Waals surface area contributed by atoms with Crippen molar-refractivity contribution in [3.05, 3.63) is 45.1 Å². The van der Waals surface area contributed by atoms with Crippen LogP contribution in [-0.4, -0.2) is 45.8 Å². The van der Waals surface area contributed by atoms with Gasteiger partial charge in [0.05, 0.1) is 23.4 Å². The zero-order valence-electron chi connectivity index (χ0n) is 19.9. The summed E-state index contributed by atoms with van der Waals surface area (Å²) in [5.74, 6) is 1.43. The molecule has 2 aromatic heterocycles. The number of carbonyl (C=O) groups is 1. The average Bonchev–Trinajstić information content (AvgIpc) is 3.14. The Morgan fingerprint density at radius 2 is 2.06 bits per heavy atom. The van der Waals surface area contributed by atoms with Gasteiger partial charge in [-0.3, -0.25) is 14.2 Å². The number of fused-ring (bicyclic) bond motifs is 1. The largest absolute Gasteiger partial charge is 0.497 e. The Kier molecular flexibility index (Phi) is 7.14. The van der Waals surface area contributed by atoms with Gasteiger partial charge >= 0.3 is 0 Å². The molecular weight excluding hydrogens is 454 g/mol. The van der Waals surface area contributed by atoms with Gasteiger partial charge < -0.3 is 9.64 Å². The Morgan fingerprint density at radius 1 is 1.33 bits per heavy atom. The fourth-order valence-corrected chi connectivity index (χ4v) is 6.47. The van der Waals surface area contributed by atoms with Gasteiger partial charge in [0, 0.05) is 24.0 Å². The molecule has 3 aromatic rings. The minimum absolute atomic E-state index is 0.101. The molecule has 6 nitrogen and oxygen atoms in total. The summed E-state index contributed by atoms with van der Waals surface area (Å²) in [6, 6.07) is 7.42. The van der Waals surface area contributed by atoms with E-state index in [1.54, 1.807) is 23.0 Å². The standard InChI is InChI=1S/C25H31N3O3S2/c1-6-20-16(3)21-22(33-20)26-25(28(24(21)30)18-8-7-9-19(14-18)31-5)32-17(4)23(29)27-12-10-15(2)11-13-27/h7-9,14-15,17H,6,10-13H2,1-5H3. The Balaban J connectivity index is 1.79. The number of benzene rings is 1. The van der Waals surface area contributed by atoms with E-state index in [1.165, 1.54) is 16.6 Å². The molecule has 0 spiro atoms. The van der Waals surface area contributed by atoms with E-state index in [2.05, 4.69) is 13.8 Å². The lowest BCUT2D eigenvalue weighted by molar-refractivity contribution is -0.131.